The molecule has 0 aliphatic heterocycles. The van der Waals surface area contributed by atoms with Crippen LogP contribution in [0, 0.1) is 0 Å². The number of nitrogens with one attached hydrogen (secondary N) is 1. The van der Waals surface area contributed by atoms with Crippen LogP contribution in [-0.4, -0.2) is 12.5 Å². The summed E-state index contributed by atoms with van der Waals surface area (Å²) in [5, 5.41) is 1.84. The zero-order valence-electron chi connectivity index (χ0n) is 14.7. The number of amides is 1. The van der Waals surface area contributed by atoms with Gasteiger partial charge in [-0.25, -0.2) is 4.79 Å². The number of alkyl halides is 6. The molecule has 0 radical (unpaired) electrons. The Morgan fingerprint density at radius 3 is 2.37 bits per heavy atom. The van der Waals surface area contributed by atoms with Crippen LogP contribution < -0.4 is 15.7 Å². The van der Waals surface area contributed by atoms with Gasteiger partial charge in [0.2, 0.25) is 0 Å². The third-order valence-electron chi connectivity index (χ3n) is 3.86. The summed E-state index contributed by atoms with van der Waals surface area (Å²) in [7, 11) is 0. The molecule has 1 amide bonds. The van der Waals surface area contributed by atoms with Crippen LogP contribution in [0.5, 0.6) is 5.75 Å². The standard InChI is InChI=1S/C19H11F6NO4/c20-18(21,22)10-2-1-3-11(6-10)26-16(27)9-29-12-4-5-13-14(19(23,24)25)8-17(28)30-15(13)7-12/h1-8H,9H2,(H,26,27). The Morgan fingerprint density at radius 1 is 0.967 bits per heavy atom. The van der Waals surface area contributed by atoms with Crippen LogP contribution in [0.4, 0.5) is 32.0 Å². The summed E-state index contributed by atoms with van der Waals surface area (Å²) in [6, 6.07) is 7.41. The van der Waals surface area contributed by atoms with Crippen LogP contribution >= 0.6 is 0 Å². The molecule has 2 aromatic carbocycles. The van der Waals surface area contributed by atoms with E-state index in [2.05, 4.69) is 5.32 Å². The summed E-state index contributed by atoms with van der Waals surface area (Å²) in [5.41, 5.74) is -3.86. The Balaban J connectivity index is 1.73. The van der Waals surface area contributed by atoms with Crippen molar-refractivity contribution in [1.29, 1.82) is 0 Å². The average molecular weight is 431 g/mol. The number of fused-ring (bicyclic) bond motifs is 1. The van der Waals surface area contributed by atoms with Crippen molar-refractivity contribution < 1.29 is 40.3 Å². The fourth-order valence-corrected chi connectivity index (χ4v) is 2.59. The second-order valence-electron chi connectivity index (χ2n) is 6.05. The average Bonchev–Trinajstić information content (AvgIpc) is 2.64. The number of benzene rings is 2. The van der Waals surface area contributed by atoms with Crippen molar-refractivity contribution in [1.82, 2.24) is 0 Å². The molecular formula is C19H11F6NO4. The lowest BCUT2D eigenvalue weighted by Gasteiger charge is -2.12. The van der Waals surface area contributed by atoms with Crippen LogP contribution in [0.3, 0.4) is 0 Å². The van der Waals surface area contributed by atoms with E-state index in [1.165, 1.54) is 6.07 Å². The molecule has 0 aliphatic carbocycles. The Hall–Kier alpha value is -3.50. The van der Waals surface area contributed by atoms with E-state index < -0.39 is 47.2 Å². The fourth-order valence-electron chi connectivity index (χ4n) is 2.59. The summed E-state index contributed by atoms with van der Waals surface area (Å²) < 4.78 is 87.0. The number of halogens is 6. The minimum absolute atomic E-state index is 0.0795. The highest BCUT2D eigenvalue weighted by molar-refractivity contribution is 5.92. The van der Waals surface area contributed by atoms with E-state index in [1.54, 1.807) is 0 Å². The molecule has 0 saturated carbocycles. The van der Waals surface area contributed by atoms with Gasteiger partial charge in [-0.05, 0) is 30.3 Å². The molecule has 0 atom stereocenters. The quantitative estimate of drug-likeness (QED) is 0.474. The number of anilines is 1. The maximum absolute atomic E-state index is 13.0. The molecule has 0 saturated heterocycles. The van der Waals surface area contributed by atoms with Crippen molar-refractivity contribution in [3.05, 3.63) is 70.1 Å². The maximum atomic E-state index is 13.0. The number of rotatable bonds is 4. The summed E-state index contributed by atoms with van der Waals surface area (Å²) in [6.07, 6.45) is -9.36. The summed E-state index contributed by atoms with van der Waals surface area (Å²) >= 11 is 0. The molecule has 11 heteroatoms. The first-order valence-electron chi connectivity index (χ1n) is 8.18. The molecule has 1 aromatic heterocycles. The monoisotopic (exact) mass is 431 g/mol. The number of hydrogen-bond donors (Lipinski definition) is 1. The maximum Gasteiger partial charge on any atom is 0.417 e. The highest BCUT2D eigenvalue weighted by atomic mass is 19.4. The highest BCUT2D eigenvalue weighted by Gasteiger charge is 2.34. The van der Waals surface area contributed by atoms with E-state index in [0.29, 0.717) is 6.07 Å². The van der Waals surface area contributed by atoms with Gasteiger partial charge in [-0.3, -0.25) is 4.79 Å². The van der Waals surface area contributed by atoms with Gasteiger partial charge >= 0.3 is 18.0 Å². The van der Waals surface area contributed by atoms with E-state index >= 15 is 0 Å². The predicted octanol–water partition coefficient (Wildman–Crippen LogP) is 4.85. The van der Waals surface area contributed by atoms with Crippen molar-refractivity contribution in [2.75, 3.05) is 11.9 Å². The molecule has 0 aliphatic rings. The Morgan fingerprint density at radius 2 is 1.70 bits per heavy atom. The molecule has 0 bridgehead atoms. The third kappa shape index (κ3) is 4.91. The molecule has 30 heavy (non-hydrogen) atoms. The van der Waals surface area contributed by atoms with Gasteiger partial charge in [0.25, 0.3) is 5.91 Å². The first kappa shape index (κ1) is 21.2. The van der Waals surface area contributed by atoms with Crippen molar-refractivity contribution >= 4 is 22.6 Å². The molecule has 1 heterocycles. The third-order valence-corrected chi connectivity index (χ3v) is 3.86. The van der Waals surface area contributed by atoms with Crippen molar-refractivity contribution in [2.24, 2.45) is 0 Å². The van der Waals surface area contributed by atoms with E-state index in [-0.39, 0.29) is 16.8 Å². The molecule has 158 valence electrons. The Bertz CT molecular complexity index is 1150. The van der Waals surface area contributed by atoms with Gasteiger partial charge in [0, 0.05) is 23.2 Å². The van der Waals surface area contributed by atoms with Gasteiger partial charge < -0.3 is 14.5 Å². The van der Waals surface area contributed by atoms with Crippen LogP contribution in [0.2, 0.25) is 0 Å². The predicted molar refractivity (Wildman–Crippen MR) is 93.1 cm³/mol. The molecule has 5 nitrogen and oxygen atoms in total. The Labute approximate surface area is 163 Å². The first-order chi connectivity index (χ1) is 13.9. The van der Waals surface area contributed by atoms with Crippen molar-refractivity contribution in [2.45, 2.75) is 12.4 Å². The van der Waals surface area contributed by atoms with E-state index in [9.17, 15) is 35.9 Å². The van der Waals surface area contributed by atoms with Crippen LogP contribution in [-0.2, 0) is 17.1 Å². The van der Waals surface area contributed by atoms with Crippen LogP contribution in [0.25, 0.3) is 11.0 Å². The minimum Gasteiger partial charge on any atom is -0.484 e. The molecule has 0 spiro atoms. The smallest absolute Gasteiger partial charge is 0.417 e. The minimum atomic E-state index is -4.78. The number of ether oxygens (including phenoxy) is 1. The van der Waals surface area contributed by atoms with Gasteiger partial charge in [0.1, 0.15) is 11.3 Å². The topological polar surface area (TPSA) is 68.5 Å². The Kier molecular flexibility index (Phi) is 5.47. The lowest BCUT2D eigenvalue weighted by molar-refractivity contribution is -0.138. The largest absolute Gasteiger partial charge is 0.484 e. The number of carbonyl (C=O) groups excluding carboxylic acids is 1. The SMILES string of the molecule is O=C(COc1ccc2c(C(F)(F)F)cc(=O)oc2c1)Nc1cccc(C(F)(F)F)c1. The zero-order valence-corrected chi connectivity index (χ0v) is 14.7. The molecule has 3 rings (SSSR count). The summed E-state index contributed by atoms with van der Waals surface area (Å²) in [5.74, 6) is -0.885. The second-order valence-corrected chi connectivity index (χ2v) is 6.05. The fraction of sp³-hybridized carbons (Fsp3) is 0.158. The molecule has 3 aromatic rings. The second kappa shape index (κ2) is 7.73. The molecular weight excluding hydrogens is 420 g/mol. The van der Waals surface area contributed by atoms with E-state index in [1.807, 2.05) is 0 Å². The van der Waals surface area contributed by atoms with Crippen LogP contribution in [0.1, 0.15) is 11.1 Å². The van der Waals surface area contributed by atoms with Gasteiger partial charge in [-0.15, -0.1) is 0 Å². The van der Waals surface area contributed by atoms with Crippen LogP contribution in [0.15, 0.2) is 57.7 Å². The molecule has 0 unspecified atom stereocenters. The van der Waals surface area contributed by atoms with E-state index in [4.69, 9.17) is 9.15 Å². The van der Waals surface area contributed by atoms with Gasteiger partial charge in [-0.2, -0.15) is 26.3 Å². The summed E-state index contributed by atoms with van der Waals surface area (Å²) in [4.78, 5) is 23.3. The normalized spacial score (nSPS) is 12.1. The van der Waals surface area contributed by atoms with Gasteiger partial charge in [-0.1, -0.05) is 6.07 Å². The molecule has 0 fully saturated rings. The lowest BCUT2D eigenvalue weighted by Crippen LogP contribution is -2.20. The van der Waals surface area contributed by atoms with Crippen molar-refractivity contribution in [3.63, 3.8) is 0 Å². The van der Waals surface area contributed by atoms with Gasteiger partial charge in [0.05, 0.1) is 11.1 Å². The number of carbonyl (C=O) groups is 1. The summed E-state index contributed by atoms with van der Waals surface area (Å²) in [6.45, 7) is -0.648. The number of hydrogen-bond acceptors (Lipinski definition) is 4. The molecule has 1 N–H and O–H groups in total. The van der Waals surface area contributed by atoms with Crippen molar-refractivity contribution in [3.8, 4) is 5.75 Å². The lowest BCUT2D eigenvalue weighted by atomic mass is 10.1. The zero-order chi connectivity index (χ0) is 22.1. The van der Waals surface area contributed by atoms with E-state index in [0.717, 1.165) is 36.4 Å². The highest BCUT2D eigenvalue weighted by Crippen LogP contribution is 2.35. The van der Waals surface area contributed by atoms with Gasteiger partial charge in [0.15, 0.2) is 6.61 Å². The first-order valence-corrected chi connectivity index (χ1v) is 8.18.